The zero-order chi connectivity index (χ0) is 15.2. The molecule has 0 spiro atoms. The van der Waals surface area contributed by atoms with E-state index in [9.17, 15) is 9.59 Å². The quantitative estimate of drug-likeness (QED) is 0.781. The van der Waals surface area contributed by atoms with E-state index in [2.05, 4.69) is 0 Å². The molecule has 0 radical (unpaired) electrons. The molecular weight excluding hydrogens is 274 g/mol. The van der Waals surface area contributed by atoms with Crippen LogP contribution in [-0.2, 0) is 9.59 Å². The Hall–Kier alpha value is -2.24. The van der Waals surface area contributed by atoms with Gasteiger partial charge in [-0.2, -0.15) is 0 Å². The zero-order valence-electron chi connectivity index (χ0n) is 12.0. The van der Waals surface area contributed by atoms with E-state index in [1.165, 1.54) is 6.92 Å². The number of nitrogens with zero attached hydrogens (tertiary/aromatic N) is 1. The number of rotatable bonds is 7. The van der Waals surface area contributed by atoms with Gasteiger partial charge in [-0.25, -0.2) is 0 Å². The van der Waals surface area contributed by atoms with Crippen LogP contribution in [0.2, 0.25) is 0 Å². The first-order valence-electron chi connectivity index (χ1n) is 6.97. The van der Waals surface area contributed by atoms with Crippen LogP contribution < -0.4 is 14.4 Å². The molecule has 1 aliphatic rings. The molecule has 0 aliphatic carbocycles. The average Bonchev–Trinajstić information content (AvgIpc) is 2.89. The standard InChI is InChI=1S/C15H19NO5/c1-11(17)16(8-4-2-3-5-15(18)19)12-6-7-13-14(9-12)21-10-20-13/h6-7,9H,2-5,8,10H2,1H3,(H,18,19). The Morgan fingerprint density at radius 1 is 1.19 bits per heavy atom. The summed E-state index contributed by atoms with van der Waals surface area (Å²) in [5.41, 5.74) is 0.769. The van der Waals surface area contributed by atoms with Crippen molar-refractivity contribution < 1.29 is 24.2 Å². The van der Waals surface area contributed by atoms with Gasteiger partial charge in [0.1, 0.15) is 0 Å². The lowest BCUT2D eigenvalue weighted by atomic mass is 10.1. The molecule has 0 saturated heterocycles. The summed E-state index contributed by atoms with van der Waals surface area (Å²) in [4.78, 5) is 23.9. The van der Waals surface area contributed by atoms with Gasteiger partial charge in [0.05, 0.1) is 0 Å². The van der Waals surface area contributed by atoms with Gasteiger partial charge in [0, 0.05) is 31.6 Å². The fourth-order valence-electron chi connectivity index (χ4n) is 2.24. The molecule has 0 atom stereocenters. The van der Waals surface area contributed by atoms with Crippen LogP contribution in [0.1, 0.15) is 32.6 Å². The second-order valence-corrected chi connectivity index (χ2v) is 4.91. The third-order valence-corrected chi connectivity index (χ3v) is 3.32. The molecule has 1 heterocycles. The number of fused-ring (bicyclic) bond motifs is 1. The highest BCUT2D eigenvalue weighted by Gasteiger charge is 2.17. The molecule has 1 N–H and O–H groups in total. The summed E-state index contributed by atoms with van der Waals surface area (Å²) in [6.07, 6.45) is 2.34. The first-order chi connectivity index (χ1) is 10.1. The van der Waals surface area contributed by atoms with Crippen LogP contribution in [-0.4, -0.2) is 30.3 Å². The van der Waals surface area contributed by atoms with E-state index in [1.807, 2.05) is 6.07 Å². The van der Waals surface area contributed by atoms with Gasteiger partial charge in [-0.15, -0.1) is 0 Å². The molecule has 1 aromatic rings. The number of amides is 1. The topological polar surface area (TPSA) is 76.1 Å². The molecule has 0 fully saturated rings. The molecule has 1 aliphatic heterocycles. The van der Waals surface area contributed by atoms with Crippen molar-refractivity contribution in [2.75, 3.05) is 18.2 Å². The summed E-state index contributed by atoms with van der Waals surface area (Å²) >= 11 is 0. The van der Waals surface area contributed by atoms with E-state index < -0.39 is 5.97 Å². The molecule has 1 aromatic carbocycles. The monoisotopic (exact) mass is 293 g/mol. The number of anilines is 1. The van der Waals surface area contributed by atoms with Crippen LogP contribution in [0.25, 0.3) is 0 Å². The van der Waals surface area contributed by atoms with Crippen molar-refractivity contribution in [2.24, 2.45) is 0 Å². The minimum atomic E-state index is -0.783. The molecule has 2 rings (SSSR count). The normalized spacial score (nSPS) is 12.2. The molecule has 0 unspecified atom stereocenters. The maximum atomic E-state index is 11.8. The zero-order valence-corrected chi connectivity index (χ0v) is 12.0. The van der Waals surface area contributed by atoms with Crippen molar-refractivity contribution in [2.45, 2.75) is 32.6 Å². The Bertz CT molecular complexity index is 529. The number of carboxylic acid groups (broad SMARTS) is 1. The van der Waals surface area contributed by atoms with Crippen molar-refractivity contribution in [3.63, 3.8) is 0 Å². The number of ether oxygens (including phenoxy) is 2. The fraction of sp³-hybridized carbons (Fsp3) is 0.467. The Labute approximate surface area is 123 Å². The number of hydrogen-bond acceptors (Lipinski definition) is 4. The number of hydrogen-bond donors (Lipinski definition) is 1. The molecule has 114 valence electrons. The summed E-state index contributed by atoms with van der Waals surface area (Å²) in [5, 5.41) is 8.59. The van der Waals surface area contributed by atoms with E-state index in [4.69, 9.17) is 14.6 Å². The second kappa shape index (κ2) is 6.97. The summed E-state index contributed by atoms with van der Waals surface area (Å²) in [6, 6.07) is 5.41. The van der Waals surface area contributed by atoms with Crippen LogP contribution in [0.15, 0.2) is 18.2 Å². The summed E-state index contributed by atoms with van der Waals surface area (Å²) in [6.45, 7) is 2.28. The van der Waals surface area contributed by atoms with E-state index in [1.54, 1.807) is 17.0 Å². The number of carbonyl (C=O) groups is 2. The van der Waals surface area contributed by atoms with Gasteiger partial charge in [0.25, 0.3) is 0 Å². The van der Waals surface area contributed by atoms with Crippen molar-refractivity contribution >= 4 is 17.6 Å². The van der Waals surface area contributed by atoms with Crippen molar-refractivity contribution in [1.82, 2.24) is 0 Å². The van der Waals surface area contributed by atoms with Crippen LogP contribution in [0.3, 0.4) is 0 Å². The van der Waals surface area contributed by atoms with Crippen molar-refractivity contribution in [1.29, 1.82) is 0 Å². The first-order valence-corrected chi connectivity index (χ1v) is 6.97. The number of aliphatic carboxylic acids is 1. The number of carboxylic acids is 1. The summed E-state index contributed by atoms with van der Waals surface area (Å²) in [7, 11) is 0. The molecule has 0 aromatic heterocycles. The maximum Gasteiger partial charge on any atom is 0.303 e. The van der Waals surface area contributed by atoms with Gasteiger partial charge in [-0.1, -0.05) is 6.42 Å². The van der Waals surface area contributed by atoms with Crippen LogP contribution in [0.5, 0.6) is 11.5 Å². The highest BCUT2D eigenvalue weighted by Crippen LogP contribution is 2.35. The van der Waals surface area contributed by atoms with Gasteiger partial charge in [-0.05, 0) is 25.0 Å². The highest BCUT2D eigenvalue weighted by molar-refractivity contribution is 5.91. The number of unbranched alkanes of at least 4 members (excludes halogenated alkanes) is 2. The largest absolute Gasteiger partial charge is 0.481 e. The predicted molar refractivity (Wildman–Crippen MR) is 76.7 cm³/mol. The van der Waals surface area contributed by atoms with Gasteiger partial charge in [0.2, 0.25) is 12.7 Å². The predicted octanol–water partition coefficient (Wildman–Crippen LogP) is 2.41. The molecule has 6 nitrogen and oxygen atoms in total. The number of carbonyl (C=O) groups excluding carboxylic acids is 1. The van der Waals surface area contributed by atoms with Gasteiger partial charge in [-0.3, -0.25) is 9.59 Å². The highest BCUT2D eigenvalue weighted by atomic mass is 16.7. The van der Waals surface area contributed by atoms with Gasteiger partial charge >= 0.3 is 5.97 Å². The van der Waals surface area contributed by atoms with Crippen LogP contribution in [0.4, 0.5) is 5.69 Å². The molecule has 1 amide bonds. The van der Waals surface area contributed by atoms with Gasteiger partial charge in [0.15, 0.2) is 11.5 Å². The lowest BCUT2D eigenvalue weighted by Gasteiger charge is -2.21. The maximum absolute atomic E-state index is 11.8. The number of benzene rings is 1. The summed E-state index contributed by atoms with van der Waals surface area (Å²) < 4.78 is 10.6. The van der Waals surface area contributed by atoms with Crippen molar-refractivity contribution in [3.8, 4) is 11.5 Å². The minimum Gasteiger partial charge on any atom is -0.481 e. The molecular formula is C15H19NO5. The first kappa shape index (κ1) is 15.2. The molecule has 0 saturated carbocycles. The second-order valence-electron chi connectivity index (χ2n) is 4.91. The Kier molecular flexibility index (Phi) is 5.03. The Morgan fingerprint density at radius 3 is 2.67 bits per heavy atom. The molecule has 21 heavy (non-hydrogen) atoms. The minimum absolute atomic E-state index is 0.0490. The molecule has 0 bridgehead atoms. The lowest BCUT2D eigenvalue weighted by molar-refractivity contribution is -0.137. The Balaban J connectivity index is 1.93. The van der Waals surface area contributed by atoms with E-state index in [-0.39, 0.29) is 19.1 Å². The third kappa shape index (κ3) is 4.11. The summed E-state index contributed by atoms with van der Waals surface area (Å²) in [5.74, 6) is 0.495. The van der Waals surface area contributed by atoms with Gasteiger partial charge < -0.3 is 19.5 Å². The van der Waals surface area contributed by atoms with E-state index in [0.717, 1.165) is 18.5 Å². The van der Waals surface area contributed by atoms with Crippen LogP contribution >= 0.6 is 0 Å². The lowest BCUT2D eigenvalue weighted by Crippen LogP contribution is -2.29. The third-order valence-electron chi connectivity index (χ3n) is 3.32. The van der Waals surface area contributed by atoms with Crippen LogP contribution in [0, 0.1) is 0 Å². The van der Waals surface area contributed by atoms with E-state index >= 15 is 0 Å². The molecule has 6 heteroatoms. The SMILES string of the molecule is CC(=O)N(CCCCCC(=O)O)c1ccc2c(c1)OCO2. The van der Waals surface area contributed by atoms with Crippen molar-refractivity contribution in [3.05, 3.63) is 18.2 Å². The van der Waals surface area contributed by atoms with E-state index in [0.29, 0.717) is 24.5 Å². The average molecular weight is 293 g/mol. The fourth-order valence-corrected chi connectivity index (χ4v) is 2.24. The Morgan fingerprint density at radius 2 is 1.95 bits per heavy atom. The smallest absolute Gasteiger partial charge is 0.303 e.